The second-order valence-electron chi connectivity index (χ2n) is 7.84. The Hall–Kier alpha value is -2.37. The second-order valence-corrected chi connectivity index (χ2v) is 7.84. The summed E-state index contributed by atoms with van der Waals surface area (Å²) < 4.78 is 0. The molecular weight excluding hydrogens is 350 g/mol. The van der Waals surface area contributed by atoms with E-state index in [1.165, 1.54) is 24.0 Å². The molecule has 2 aliphatic heterocycles. The summed E-state index contributed by atoms with van der Waals surface area (Å²) in [5, 5.41) is 13.5. The molecular formula is C23H29N3O2. The Morgan fingerprint density at radius 1 is 0.964 bits per heavy atom. The van der Waals surface area contributed by atoms with Crippen LogP contribution < -0.4 is 5.32 Å². The van der Waals surface area contributed by atoms with Gasteiger partial charge in [-0.05, 0) is 37.1 Å². The number of nitrogens with one attached hydrogen (secondary N) is 1. The molecule has 0 radical (unpaired) electrons. The van der Waals surface area contributed by atoms with Gasteiger partial charge in [-0.15, -0.1) is 0 Å². The zero-order valence-electron chi connectivity index (χ0n) is 16.2. The molecule has 2 heterocycles. The van der Waals surface area contributed by atoms with Crippen molar-refractivity contribution in [3.05, 3.63) is 71.8 Å². The minimum absolute atomic E-state index is 0.0762. The Balaban J connectivity index is 1.40. The Morgan fingerprint density at radius 2 is 1.54 bits per heavy atom. The van der Waals surface area contributed by atoms with E-state index < -0.39 is 6.10 Å². The van der Waals surface area contributed by atoms with Crippen LogP contribution in [0.15, 0.2) is 60.7 Å². The van der Waals surface area contributed by atoms with Gasteiger partial charge in [-0.25, -0.2) is 4.79 Å². The fourth-order valence-corrected chi connectivity index (χ4v) is 4.47. The lowest BCUT2D eigenvalue weighted by atomic mass is 9.91. The molecule has 2 fully saturated rings. The molecule has 5 heteroatoms. The molecule has 2 atom stereocenters. The van der Waals surface area contributed by atoms with E-state index >= 15 is 0 Å². The lowest BCUT2D eigenvalue weighted by Gasteiger charge is -2.25. The molecule has 28 heavy (non-hydrogen) atoms. The molecule has 2 amide bonds. The average molecular weight is 380 g/mol. The molecule has 2 aromatic carbocycles. The van der Waals surface area contributed by atoms with E-state index in [2.05, 4.69) is 34.5 Å². The van der Waals surface area contributed by atoms with Gasteiger partial charge in [0.2, 0.25) is 0 Å². The molecule has 4 rings (SSSR count). The first kappa shape index (κ1) is 19.0. The van der Waals surface area contributed by atoms with E-state index in [0.717, 1.165) is 13.1 Å². The number of amides is 2. The first-order valence-corrected chi connectivity index (χ1v) is 10.3. The number of urea groups is 1. The molecule has 0 spiro atoms. The van der Waals surface area contributed by atoms with Crippen LogP contribution in [0.1, 0.15) is 29.9 Å². The minimum atomic E-state index is -0.456. The summed E-state index contributed by atoms with van der Waals surface area (Å²) in [6.45, 7) is 3.61. The Bertz CT molecular complexity index is 722. The fourth-order valence-electron chi connectivity index (χ4n) is 4.47. The first-order chi connectivity index (χ1) is 13.7. The van der Waals surface area contributed by atoms with Gasteiger partial charge in [-0.1, -0.05) is 60.7 Å². The van der Waals surface area contributed by atoms with Crippen LogP contribution in [0.4, 0.5) is 4.79 Å². The molecule has 2 aliphatic rings. The number of aliphatic hydroxyl groups excluding tert-OH is 1. The number of rotatable bonds is 5. The molecule has 0 bridgehead atoms. The summed E-state index contributed by atoms with van der Waals surface area (Å²) in [6, 6.07) is 20.6. The Kier molecular flexibility index (Phi) is 5.93. The van der Waals surface area contributed by atoms with E-state index in [0.29, 0.717) is 19.6 Å². The van der Waals surface area contributed by atoms with E-state index in [1.807, 2.05) is 36.4 Å². The Labute approximate surface area is 167 Å². The summed E-state index contributed by atoms with van der Waals surface area (Å²) >= 11 is 0. The van der Waals surface area contributed by atoms with Gasteiger partial charge in [0.15, 0.2) is 0 Å². The largest absolute Gasteiger partial charge is 0.390 e. The predicted molar refractivity (Wildman–Crippen MR) is 110 cm³/mol. The molecule has 0 aliphatic carbocycles. The van der Waals surface area contributed by atoms with Crippen molar-refractivity contribution in [2.75, 3.05) is 32.7 Å². The number of benzene rings is 2. The van der Waals surface area contributed by atoms with E-state index in [4.69, 9.17) is 0 Å². The van der Waals surface area contributed by atoms with Crippen LogP contribution >= 0.6 is 0 Å². The van der Waals surface area contributed by atoms with Gasteiger partial charge in [0.05, 0.1) is 12.1 Å². The molecule has 2 saturated heterocycles. The van der Waals surface area contributed by atoms with Crippen LogP contribution in [0.25, 0.3) is 0 Å². The summed E-state index contributed by atoms with van der Waals surface area (Å²) in [6.07, 6.45) is 1.92. The van der Waals surface area contributed by atoms with Crippen molar-refractivity contribution in [2.45, 2.75) is 30.9 Å². The van der Waals surface area contributed by atoms with E-state index in [1.54, 1.807) is 4.90 Å². The van der Waals surface area contributed by atoms with Crippen LogP contribution in [0.2, 0.25) is 0 Å². The third kappa shape index (κ3) is 4.21. The minimum Gasteiger partial charge on any atom is -0.390 e. The van der Waals surface area contributed by atoms with Crippen molar-refractivity contribution >= 4 is 6.03 Å². The van der Waals surface area contributed by atoms with Gasteiger partial charge in [-0.3, -0.25) is 4.90 Å². The van der Waals surface area contributed by atoms with Gasteiger partial charge in [0.1, 0.15) is 0 Å². The maximum Gasteiger partial charge on any atom is 0.317 e. The van der Waals surface area contributed by atoms with E-state index in [-0.39, 0.29) is 18.0 Å². The van der Waals surface area contributed by atoms with Crippen LogP contribution in [-0.2, 0) is 0 Å². The van der Waals surface area contributed by atoms with E-state index in [9.17, 15) is 9.90 Å². The van der Waals surface area contributed by atoms with Gasteiger partial charge in [0.25, 0.3) is 0 Å². The third-order valence-corrected chi connectivity index (χ3v) is 6.02. The molecule has 0 unspecified atom stereocenters. The monoisotopic (exact) mass is 379 g/mol. The number of β-amino-alcohol motifs (C(OH)–C–C–N with tert-alkyl or cyclic N) is 1. The smallest absolute Gasteiger partial charge is 0.317 e. The van der Waals surface area contributed by atoms with Crippen molar-refractivity contribution < 1.29 is 9.90 Å². The molecule has 0 saturated carbocycles. The highest BCUT2D eigenvalue weighted by Crippen LogP contribution is 2.24. The third-order valence-electron chi connectivity index (χ3n) is 6.02. The molecule has 2 aromatic rings. The molecule has 5 nitrogen and oxygen atoms in total. The van der Waals surface area contributed by atoms with Crippen molar-refractivity contribution in [1.82, 2.24) is 15.1 Å². The number of nitrogens with zero attached hydrogens (tertiary/aromatic N) is 2. The van der Waals surface area contributed by atoms with Gasteiger partial charge >= 0.3 is 6.03 Å². The lowest BCUT2D eigenvalue weighted by molar-refractivity contribution is 0.0980. The summed E-state index contributed by atoms with van der Waals surface area (Å²) in [5.41, 5.74) is 2.37. The van der Waals surface area contributed by atoms with Gasteiger partial charge < -0.3 is 15.3 Å². The number of hydrogen-bond acceptors (Lipinski definition) is 3. The zero-order chi connectivity index (χ0) is 19.3. The normalized spacial score (nSPS) is 22.7. The SMILES string of the molecule is O=C(NCC(c1ccccc1)c1ccccc1)N1C[C@H](O)[C@@H](N2CCCC2)C1. The highest BCUT2D eigenvalue weighted by Gasteiger charge is 2.38. The van der Waals surface area contributed by atoms with Gasteiger partial charge in [0, 0.05) is 25.6 Å². The molecule has 148 valence electrons. The highest BCUT2D eigenvalue weighted by molar-refractivity contribution is 5.74. The Morgan fingerprint density at radius 3 is 2.11 bits per heavy atom. The van der Waals surface area contributed by atoms with Crippen molar-refractivity contribution in [2.24, 2.45) is 0 Å². The highest BCUT2D eigenvalue weighted by atomic mass is 16.3. The summed E-state index contributed by atoms with van der Waals surface area (Å²) in [7, 11) is 0. The summed E-state index contributed by atoms with van der Waals surface area (Å²) in [5.74, 6) is 0.105. The van der Waals surface area contributed by atoms with Gasteiger partial charge in [-0.2, -0.15) is 0 Å². The molecule has 0 aromatic heterocycles. The zero-order valence-corrected chi connectivity index (χ0v) is 16.2. The van der Waals surface area contributed by atoms with Crippen molar-refractivity contribution in [3.63, 3.8) is 0 Å². The fraction of sp³-hybridized carbons (Fsp3) is 0.435. The maximum absolute atomic E-state index is 12.8. The second kappa shape index (κ2) is 8.76. The lowest BCUT2D eigenvalue weighted by Crippen LogP contribution is -2.43. The standard InChI is InChI=1S/C23H29N3O2/c27-22-17-26(16-21(22)25-13-7-8-14-25)23(28)24-15-20(18-9-3-1-4-10-18)19-11-5-2-6-12-19/h1-6,9-12,20-22,27H,7-8,13-17H2,(H,24,28)/t21-,22-/m0/s1. The number of likely N-dealkylation sites (tertiary alicyclic amines) is 2. The average Bonchev–Trinajstić information content (AvgIpc) is 3.39. The maximum atomic E-state index is 12.8. The number of hydrogen-bond donors (Lipinski definition) is 2. The number of carbonyl (C=O) groups is 1. The number of aliphatic hydroxyl groups is 1. The van der Waals surface area contributed by atoms with Crippen LogP contribution in [0.5, 0.6) is 0 Å². The topological polar surface area (TPSA) is 55.8 Å². The number of carbonyl (C=O) groups excluding carboxylic acids is 1. The van der Waals surface area contributed by atoms with Crippen molar-refractivity contribution in [3.8, 4) is 0 Å². The quantitative estimate of drug-likeness (QED) is 0.840. The summed E-state index contributed by atoms with van der Waals surface area (Å²) in [4.78, 5) is 16.9. The van der Waals surface area contributed by atoms with Crippen molar-refractivity contribution in [1.29, 1.82) is 0 Å². The first-order valence-electron chi connectivity index (χ1n) is 10.3. The van der Waals surface area contributed by atoms with Crippen LogP contribution in [0.3, 0.4) is 0 Å². The molecule has 2 N–H and O–H groups in total. The van der Waals surface area contributed by atoms with Crippen LogP contribution in [0, 0.1) is 0 Å². The predicted octanol–water partition coefficient (Wildman–Crippen LogP) is 2.67. The van der Waals surface area contributed by atoms with Crippen LogP contribution in [-0.4, -0.2) is 65.8 Å².